The predicted molar refractivity (Wildman–Crippen MR) is 215 cm³/mol. The van der Waals surface area contributed by atoms with Crippen LogP contribution in [0.4, 0.5) is 5.69 Å². The Kier molecular flexibility index (Phi) is 11.6. The van der Waals surface area contributed by atoms with Crippen LogP contribution in [0.5, 0.6) is 5.75 Å². The summed E-state index contributed by atoms with van der Waals surface area (Å²) in [5.41, 5.74) is 6.06. The number of methoxy groups -OCH3 is 1. The average Bonchev–Trinajstić information content (AvgIpc) is 3.52. The van der Waals surface area contributed by atoms with Crippen LogP contribution < -0.4 is 20.3 Å². The molecule has 7 rings (SSSR count). The summed E-state index contributed by atoms with van der Waals surface area (Å²) in [4.78, 5) is 65.6. The number of carbonyl (C=O) groups excluding carboxylic acids is 4. The zero-order valence-electron chi connectivity index (χ0n) is 31.9. The quantitative estimate of drug-likeness (QED) is 0.155. The number of halogens is 1. The van der Waals surface area contributed by atoms with Crippen molar-refractivity contribution < 1.29 is 28.5 Å². The minimum absolute atomic E-state index is 0.107. The molecular formula is C42H46ClN6O6P. The summed E-state index contributed by atoms with van der Waals surface area (Å²) in [5, 5.41) is 3.64. The molecule has 14 heteroatoms. The maximum Gasteiger partial charge on any atom is 0.255 e. The van der Waals surface area contributed by atoms with Crippen LogP contribution in [0.25, 0.3) is 0 Å². The second-order valence-electron chi connectivity index (χ2n) is 15.0. The van der Waals surface area contributed by atoms with Gasteiger partial charge in [0.15, 0.2) is 0 Å². The van der Waals surface area contributed by atoms with E-state index in [1.54, 1.807) is 37.6 Å². The third-order valence-electron chi connectivity index (χ3n) is 10.9. The summed E-state index contributed by atoms with van der Waals surface area (Å²) >= 11 is 6.54. The largest absolute Gasteiger partial charge is 0.496 e. The first kappa shape index (κ1) is 39.2. The van der Waals surface area contributed by atoms with Crippen molar-refractivity contribution in [2.75, 3.05) is 51.5 Å². The van der Waals surface area contributed by atoms with Gasteiger partial charge in [-0.3, -0.25) is 24.5 Å². The lowest BCUT2D eigenvalue weighted by Gasteiger charge is -2.36. The molecular weight excluding hydrogens is 751 g/mol. The van der Waals surface area contributed by atoms with E-state index in [1.165, 1.54) is 0 Å². The van der Waals surface area contributed by atoms with Crippen molar-refractivity contribution in [2.45, 2.75) is 57.5 Å². The van der Waals surface area contributed by atoms with E-state index in [0.29, 0.717) is 93.4 Å². The Morgan fingerprint density at radius 2 is 1.73 bits per heavy atom. The Morgan fingerprint density at radius 1 is 0.964 bits per heavy atom. The number of amides is 4. The Bertz CT molecular complexity index is 2240. The Labute approximate surface area is 332 Å². The summed E-state index contributed by atoms with van der Waals surface area (Å²) in [5.74, 6) is 0.510. The summed E-state index contributed by atoms with van der Waals surface area (Å²) in [6.07, 6.45) is 4.74. The molecule has 4 aromatic rings. The van der Waals surface area contributed by atoms with Crippen molar-refractivity contribution in [3.63, 3.8) is 0 Å². The second-order valence-corrected chi connectivity index (χ2v) is 18.6. The van der Waals surface area contributed by atoms with Crippen molar-refractivity contribution in [3.05, 3.63) is 111 Å². The van der Waals surface area contributed by atoms with Gasteiger partial charge < -0.3 is 24.0 Å². The first-order valence-corrected chi connectivity index (χ1v) is 22.0. The molecule has 1 aromatic heterocycles. The molecule has 0 bridgehead atoms. The van der Waals surface area contributed by atoms with E-state index in [-0.39, 0.29) is 24.1 Å². The molecule has 4 heterocycles. The minimum atomic E-state index is -2.49. The van der Waals surface area contributed by atoms with Crippen LogP contribution in [0.1, 0.15) is 69.8 Å². The Morgan fingerprint density at radius 3 is 2.48 bits per heavy atom. The van der Waals surface area contributed by atoms with Gasteiger partial charge in [0.1, 0.15) is 24.8 Å². The smallest absolute Gasteiger partial charge is 0.255 e. The number of benzene rings is 3. The van der Waals surface area contributed by atoms with E-state index in [0.717, 1.165) is 39.0 Å². The topological polar surface area (TPSA) is 142 Å². The number of piperazine rings is 1. The number of ether oxygens (including phenoxy) is 1. The molecule has 0 radical (unpaired) electrons. The van der Waals surface area contributed by atoms with Gasteiger partial charge in [-0.25, -0.2) is 9.97 Å². The van der Waals surface area contributed by atoms with Gasteiger partial charge in [0.05, 0.1) is 17.8 Å². The number of rotatable bonds is 12. The van der Waals surface area contributed by atoms with Crippen LogP contribution in [-0.4, -0.2) is 96.1 Å². The summed E-state index contributed by atoms with van der Waals surface area (Å²) in [6, 6.07) is 18.8. The highest BCUT2D eigenvalue weighted by molar-refractivity contribution is 7.70. The highest BCUT2D eigenvalue weighted by Crippen LogP contribution is 2.37. The van der Waals surface area contributed by atoms with Gasteiger partial charge >= 0.3 is 0 Å². The first-order chi connectivity index (χ1) is 26.9. The van der Waals surface area contributed by atoms with E-state index >= 15 is 0 Å². The molecule has 1 unspecified atom stereocenters. The third kappa shape index (κ3) is 8.51. The van der Waals surface area contributed by atoms with Crippen molar-refractivity contribution in [1.29, 1.82) is 0 Å². The van der Waals surface area contributed by atoms with Crippen LogP contribution in [0.3, 0.4) is 0 Å². The zero-order chi connectivity index (χ0) is 39.6. The lowest BCUT2D eigenvalue weighted by atomic mass is 9.98. The number of aryl methyl sites for hydroxylation is 1. The first-order valence-electron chi connectivity index (χ1n) is 19.0. The SMILES string of the molecule is COc1cc(N2CCN(C(=O)CCCc3cccc4c3CN(C3CCC(=O)NC3=O)C4=O)CC2)ccc1Cc1ncc(Cl)c(Cc2ccccc2P(C)(C)=O)n1. The van der Waals surface area contributed by atoms with Crippen LogP contribution >= 0.6 is 18.7 Å². The predicted octanol–water partition coefficient (Wildman–Crippen LogP) is 5.00. The van der Waals surface area contributed by atoms with Gasteiger partial charge in [-0.05, 0) is 61.4 Å². The van der Waals surface area contributed by atoms with Crippen LogP contribution in [-0.2, 0) is 44.8 Å². The fourth-order valence-corrected chi connectivity index (χ4v) is 9.40. The van der Waals surface area contributed by atoms with E-state index in [2.05, 4.69) is 21.3 Å². The molecule has 2 saturated heterocycles. The molecule has 3 aliphatic heterocycles. The lowest BCUT2D eigenvalue weighted by molar-refractivity contribution is -0.137. The van der Waals surface area contributed by atoms with E-state index in [9.17, 15) is 23.7 Å². The summed E-state index contributed by atoms with van der Waals surface area (Å²) in [7, 11) is -0.842. The molecule has 2 fully saturated rings. The monoisotopic (exact) mass is 796 g/mol. The molecule has 0 aliphatic carbocycles. The maximum absolute atomic E-state index is 13.3. The van der Waals surface area contributed by atoms with Gasteiger partial charge in [0, 0.05) is 92.8 Å². The van der Waals surface area contributed by atoms with Gasteiger partial charge in [0.2, 0.25) is 17.7 Å². The Balaban J connectivity index is 0.922. The van der Waals surface area contributed by atoms with Crippen LogP contribution in [0, 0.1) is 0 Å². The van der Waals surface area contributed by atoms with Gasteiger partial charge in [0.25, 0.3) is 5.91 Å². The standard InChI is InChI=1S/C42H46ClN6O6P/c1-55-36-24-30(15-14-28(36)23-38-44-25-33(43)34(45-38)22-29-8-4-5-12-37(29)56(2,3)54)47-18-20-48(21-19-47)40(51)13-7-10-27-9-6-11-31-32(27)26-49(42(31)53)35-16-17-39(50)46-41(35)52/h4-6,8-9,11-12,14-15,24-25,35H,7,10,13,16-23,26H2,1-3H3,(H,46,50,52). The summed E-state index contributed by atoms with van der Waals surface area (Å²) < 4.78 is 18.7. The lowest BCUT2D eigenvalue weighted by Crippen LogP contribution is -2.52. The highest BCUT2D eigenvalue weighted by Gasteiger charge is 2.39. The van der Waals surface area contributed by atoms with Crippen LogP contribution in [0.15, 0.2) is 66.9 Å². The van der Waals surface area contributed by atoms with E-state index < -0.39 is 19.1 Å². The number of anilines is 1. The number of piperidine rings is 1. The van der Waals surface area contributed by atoms with Gasteiger partial charge in [-0.1, -0.05) is 54.1 Å². The molecule has 292 valence electrons. The fraction of sp³-hybridized carbons (Fsp3) is 0.381. The number of hydrogen-bond acceptors (Lipinski definition) is 9. The summed E-state index contributed by atoms with van der Waals surface area (Å²) in [6.45, 7) is 6.45. The maximum atomic E-state index is 13.3. The molecule has 1 N–H and O–H groups in total. The van der Waals surface area contributed by atoms with Gasteiger partial charge in [-0.15, -0.1) is 0 Å². The molecule has 0 spiro atoms. The van der Waals surface area contributed by atoms with Crippen molar-refractivity contribution in [1.82, 2.24) is 25.1 Å². The highest BCUT2D eigenvalue weighted by atomic mass is 35.5. The number of nitrogens with zero attached hydrogens (tertiary/aromatic N) is 5. The third-order valence-corrected chi connectivity index (χ3v) is 12.8. The molecule has 0 saturated carbocycles. The number of fused-ring (bicyclic) bond motifs is 1. The zero-order valence-corrected chi connectivity index (χ0v) is 33.6. The number of aromatic nitrogens is 2. The number of imide groups is 1. The average molecular weight is 797 g/mol. The fourth-order valence-electron chi connectivity index (χ4n) is 7.95. The molecule has 4 amide bonds. The van der Waals surface area contributed by atoms with Crippen molar-refractivity contribution >= 4 is 53.4 Å². The van der Waals surface area contributed by atoms with E-state index in [1.807, 2.05) is 53.4 Å². The van der Waals surface area contributed by atoms with E-state index in [4.69, 9.17) is 21.3 Å². The number of hydrogen-bond donors (Lipinski definition) is 1. The molecule has 3 aliphatic rings. The van der Waals surface area contributed by atoms with Crippen molar-refractivity contribution in [2.24, 2.45) is 0 Å². The molecule has 56 heavy (non-hydrogen) atoms. The molecule has 12 nitrogen and oxygen atoms in total. The normalized spacial score (nSPS) is 17.2. The van der Waals surface area contributed by atoms with Gasteiger partial charge in [-0.2, -0.15) is 0 Å². The second kappa shape index (κ2) is 16.6. The minimum Gasteiger partial charge on any atom is -0.496 e. The number of carbonyl (C=O) groups is 4. The number of nitrogens with one attached hydrogen (secondary N) is 1. The molecule has 1 atom stereocenters. The van der Waals surface area contributed by atoms with Crippen LogP contribution in [0.2, 0.25) is 5.02 Å². The molecule has 3 aromatic carbocycles. The van der Waals surface area contributed by atoms with Crippen molar-refractivity contribution in [3.8, 4) is 5.75 Å². The Hall–Kier alpha value is -5.06.